The molecule has 0 fully saturated rings. The second kappa shape index (κ2) is 9.09. The number of nitrogens with zero attached hydrogens (tertiary/aromatic N) is 6. The predicted molar refractivity (Wildman–Crippen MR) is 128 cm³/mol. The van der Waals surface area contributed by atoms with Crippen LogP contribution in [0.15, 0.2) is 53.7 Å². The number of halogens is 1. The van der Waals surface area contributed by atoms with Gasteiger partial charge in [-0.2, -0.15) is 9.61 Å². The van der Waals surface area contributed by atoms with Crippen LogP contribution in [0.25, 0.3) is 11.5 Å². The van der Waals surface area contributed by atoms with Gasteiger partial charge in [0, 0.05) is 25.5 Å². The average Bonchev–Trinajstić information content (AvgIpc) is 3.23. The number of carbonyl (C=O) groups excluding carboxylic acids is 1. The maximum absolute atomic E-state index is 14.2. The van der Waals surface area contributed by atoms with Crippen molar-refractivity contribution in [2.24, 2.45) is 0 Å². The van der Waals surface area contributed by atoms with E-state index in [9.17, 15) is 23.9 Å². The van der Waals surface area contributed by atoms with E-state index in [-0.39, 0.29) is 34.4 Å². The molecule has 0 atom stereocenters. The topological polar surface area (TPSA) is 144 Å². The molecule has 0 saturated carbocycles. The van der Waals surface area contributed by atoms with Gasteiger partial charge in [-0.05, 0) is 45.0 Å². The number of hydrogen-bond donors (Lipinski definition) is 2. The van der Waals surface area contributed by atoms with Gasteiger partial charge in [0.15, 0.2) is 17.3 Å². The van der Waals surface area contributed by atoms with Crippen molar-refractivity contribution in [3.8, 4) is 5.82 Å². The van der Waals surface area contributed by atoms with E-state index in [0.717, 1.165) is 15.7 Å². The lowest BCUT2D eigenvalue weighted by molar-refractivity contribution is 0.0587. The molecule has 0 aliphatic heterocycles. The molecule has 0 unspecified atom stereocenters. The van der Waals surface area contributed by atoms with E-state index in [1.807, 2.05) is 0 Å². The summed E-state index contributed by atoms with van der Waals surface area (Å²) in [5.74, 6) is -2.01. The summed E-state index contributed by atoms with van der Waals surface area (Å²) in [6.45, 7) is 5.11. The molecule has 0 aromatic carbocycles. The summed E-state index contributed by atoms with van der Waals surface area (Å²) in [4.78, 5) is 46.8. The van der Waals surface area contributed by atoms with Gasteiger partial charge in [0.2, 0.25) is 0 Å². The number of fused-ring (bicyclic) bond motifs is 1. The summed E-state index contributed by atoms with van der Waals surface area (Å²) >= 11 is 0. The molecule has 0 aliphatic carbocycles. The molecule has 12 nitrogen and oxygen atoms in total. The van der Waals surface area contributed by atoms with Gasteiger partial charge in [-0.1, -0.05) is 0 Å². The zero-order valence-electron chi connectivity index (χ0n) is 19.8. The Labute approximate surface area is 203 Å². The van der Waals surface area contributed by atoms with E-state index in [1.54, 1.807) is 20.8 Å². The van der Waals surface area contributed by atoms with Gasteiger partial charge >= 0.3 is 12.1 Å². The number of nitrogens with one attached hydrogen (secondary N) is 1. The highest BCUT2D eigenvalue weighted by Gasteiger charge is 2.25. The summed E-state index contributed by atoms with van der Waals surface area (Å²) in [5.41, 5.74) is -1.72. The third kappa shape index (κ3) is 4.71. The maximum atomic E-state index is 14.2. The zero-order chi connectivity index (χ0) is 26.2. The molecule has 0 saturated heterocycles. The fraction of sp³-hybridized carbons (Fsp3) is 0.217. The van der Waals surface area contributed by atoms with E-state index >= 15 is 0 Å². The van der Waals surface area contributed by atoms with Crippen LogP contribution in [0.3, 0.4) is 0 Å². The minimum Gasteiger partial charge on any atom is -0.477 e. The molecule has 186 valence electrons. The van der Waals surface area contributed by atoms with Gasteiger partial charge in [0.05, 0.1) is 6.20 Å². The number of hydrogen-bond acceptors (Lipinski definition) is 8. The molecular formula is C23H22FN7O5. The summed E-state index contributed by atoms with van der Waals surface area (Å²) in [6.07, 6.45) is 3.09. The number of amides is 1. The molecule has 36 heavy (non-hydrogen) atoms. The Kier molecular flexibility index (Phi) is 6.14. The van der Waals surface area contributed by atoms with Gasteiger partial charge in [0.25, 0.3) is 5.56 Å². The predicted octanol–water partition coefficient (Wildman–Crippen LogP) is 3.23. The molecule has 4 aromatic rings. The molecule has 0 bridgehead atoms. The standard InChI is InChI=1S/C23H22FN7O5/c1-23(2,3)36-22(35)29(4)17-11-16(28-18-13(21(33)34)12-26-31(17)18)27-15-8-6-10-30(20(15)32)19-14(24)7-5-9-25-19/h5-12H,1-4H3,(H,27,28)(H,33,34). The number of anilines is 3. The highest BCUT2D eigenvalue weighted by Crippen LogP contribution is 2.25. The maximum Gasteiger partial charge on any atom is 0.415 e. The van der Waals surface area contributed by atoms with E-state index in [0.29, 0.717) is 0 Å². The molecule has 0 spiro atoms. The minimum absolute atomic E-state index is 0.00154. The monoisotopic (exact) mass is 495 g/mol. The van der Waals surface area contributed by atoms with E-state index < -0.39 is 29.0 Å². The van der Waals surface area contributed by atoms with Crippen molar-refractivity contribution >= 4 is 35.0 Å². The molecule has 4 aromatic heterocycles. The van der Waals surface area contributed by atoms with Crippen molar-refractivity contribution < 1.29 is 23.8 Å². The molecule has 4 heterocycles. The molecule has 13 heteroatoms. The fourth-order valence-corrected chi connectivity index (χ4v) is 3.27. The molecule has 1 amide bonds. The van der Waals surface area contributed by atoms with Gasteiger partial charge in [-0.3, -0.25) is 14.3 Å². The lowest BCUT2D eigenvalue weighted by Gasteiger charge is -2.25. The minimum atomic E-state index is -1.28. The van der Waals surface area contributed by atoms with Crippen molar-refractivity contribution in [1.29, 1.82) is 0 Å². The molecule has 0 radical (unpaired) electrons. The first-order valence-electron chi connectivity index (χ1n) is 10.6. The normalized spacial score (nSPS) is 11.4. The number of ether oxygens (including phenoxy) is 1. The van der Waals surface area contributed by atoms with E-state index in [2.05, 4.69) is 20.4 Å². The van der Waals surface area contributed by atoms with Crippen molar-refractivity contribution in [1.82, 2.24) is 24.1 Å². The number of carboxylic acid groups (broad SMARTS) is 1. The van der Waals surface area contributed by atoms with Gasteiger partial charge in [-0.15, -0.1) is 0 Å². The Hall–Kier alpha value is -4.81. The van der Waals surface area contributed by atoms with Crippen LogP contribution in [-0.4, -0.2) is 54.0 Å². The lowest BCUT2D eigenvalue weighted by atomic mass is 10.2. The van der Waals surface area contributed by atoms with Gasteiger partial charge in [-0.25, -0.2) is 23.9 Å². The third-order valence-corrected chi connectivity index (χ3v) is 4.87. The zero-order valence-corrected chi connectivity index (χ0v) is 19.8. The highest BCUT2D eigenvalue weighted by molar-refractivity contribution is 5.95. The van der Waals surface area contributed by atoms with E-state index in [1.165, 1.54) is 54.3 Å². The Balaban J connectivity index is 1.81. The number of carboxylic acids is 1. The molecule has 0 aliphatic rings. The number of aromatic nitrogens is 5. The first-order chi connectivity index (χ1) is 17.0. The van der Waals surface area contributed by atoms with E-state index in [4.69, 9.17) is 4.74 Å². The number of carbonyl (C=O) groups is 2. The Bertz CT molecular complexity index is 1540. The second-order valence-corrected chi connectivity index (χ2v) is 8.67. The Morgan fingerprint density at radius 1 is 1.22 bits per heavy atom. The van der Waals surface area contributed by atoms with Crippen molar-refractivity contribution in [2.45, 2.75) is 26.4 Å². The third-order valence-electron chi connectivity index (χ3n) is 4.87. The Morgan fingerprint density at radius 3 is 2.64 bits per heavy atom. The summed E-state index contributed by atoms with van der Waals surface area (Å²) in [7, 11) is 1.42. The Morgan fingerprint density at radius 2 is 1.97 bits per heavy atom. The number of aromatic carboxylic acids is 1. The summed E-state index contributed by atoms with van der Waals surface area (Å²) in [6, 6.07) is 6.92. The number of rotatable bonds is 5. The first kappa shape index (κ1) is 24.3. The van der Waals surface area contributed by atoms with Crippen LogP contribution in [0.1, 0.15) is 31.1 Å². The largest absolute Gasteiger partial charge is 0.477 e. The second-order valence-electron chi connectivity index (χ2n) is 8.67. The molecular weight excluding hydrogens is 473 g/mol. The first-order valence-corrected chi connectivity index (χ1v) is 10.6. The summed E-state index contributed by atoms with van der Waals surface area (Å²) < 4.78 is 21.8. The van der Waals surface area contributed by atoms with Crippen molar-refractivity contribution in [3.63, 3.8) is 0 Å². The van der Waals surface area contributed by atoms with Gasteiger partial charge in [0.1, 0.15) is 28.5 Å². The lowest BCUT2D eigenvalue weighted by Crippen LogP contribution is -2.35. The van der Waals surface area contributed by atoms with Gasteiger partial charge < -0.3 is 15.2 Å². The SMILES string of the molecule is CN(C(=O)OC(C)(C)C)c1cc(Nc2cccn(-c3ncccc3F)c2=O)nc2c(C(=O)O)cnn12. The van der Waals surface area contributed by atoms with Crippen LogP contribution < -0.4 is 15.8 Å². The van der Waals surface area contributed by atoms with Crippen molar-refractivity contribution in [3.05, 3.63) is 70.7 Å². The van der Waals surface area contributed by atoms with Crippen LogP contribution in [0.5, 0.6) is 0 Å². The van der Waals surface area contributed by atoms with Crippen LogP contribution in [0, 0.1) is 5.82 Å². The quantitative estimate of drug-likeness (QED) is 0.426. The number of pyridine rings is 2. The average molecular weight is 495 g/mol. The fourth-order valence-electron chi connectivity index (χ4n) is 3.27. The molecule has 2 N–H and O–H groups in total. The smallest absolute Gasteiger partial charge is 0.415 e. The van der Waals surface area contributed by atoms with Crippen LogP contribution >= 0.6 is 0 Å². The van der Waals surface area contributed by atoms with Crippen LogP contribution in [-0.2, 0) is 4.74 Å². The van der Waals surface area contributed by atoms with Crippen molar-refractivity contribution in [2.75, 3.05) is 17.3 Å². The van der Waals surface area contributed by atoms with Crippen LogP contribution in [0.2, 0.25) is 0 Å². The summed E-state index contributed by atoms with van der Waals surface area (Å²) in [5, 5.41) is 16.4. The highest BCUT2D eigenvalue weighted by atomic mass is 19.1. The molecule has 4 rings (SSSR count). The van der Waals surface area contributed by atoms with Crippen LogP contribution in [0.4, 0.5) is 26.5 Å².